The lowest BCUT2D eigenvalue weighted by Crippen LogP contribution is -2.36. The van der Waals surface area contributed by atoms with E-state index in [-0.39, 0.29) is 11.8 Å². The standard InChI is InChI=1S/C29H43N3O2/c1-22(2)23(3)21-32(17-7-8-27(34)20-24-14-18-31(4)19-15-24)29(28-9-5-6-16-30-28)25-10-12-26(33)13-11-25/h5-6,9-13,16,22-24,29,33H,7-8,14-15,17-21H2,1-4H3. The number of benzene rings is 1. The predicted molar refractivity (Wildman–Crippen MR) is 139 cm³/mol. The van der Waals surface area contributed by atoms with Crippen molar-refractivity contribution in [3.8, 4) is 5.75 Å². The molecule has 1 aliphatic heterocycles. The van der Waals surface area contributed by atoms with E-state index in [1.807, 2.05) is 30.5 Å². The van der Waals surface area contributed by atoms with Gasteiger partial charge in [0.2, 0.25) is 0 Å². The van der Waals surface area contributed by atoms with Gasteiger partial charge in [-0.05, 0) is 93.5 Å². The summed E-state index contributed by atoms with van der Waals surface area (Å²) >= 11 is 0. The van der Waals surface area contributed by atoms with Crippen molar-refractivity contribution in [1.82, 2.24) is 14.8 Å². The SMILES string of the molecule is CC(C)C(C)CN(CCCC(=O)CC1CCN(C)CC1)C(c1ccc(O)cc1)c1ccccn1. The molecule has 186 valence electrons. The Bertz CT molecular complexity index is 861. The Morgan fingerprint density at radius 3 is 2.44 bits per heavy atom. The van der Waals surface area contributed by atoms with E-state index in [0.717, 1.165) is 63.1 Å². The van der Waals surface area contributed by atoms with Crippen molar-refractivity contribution in [1.29, 1.82) is 0 Å². The number of phenols is 1. The Morgan fingerprint density at radius 1 is 1.12 bits per heavy atom. The van der Waals surface area contributed by atoms with Gasteiger partial charge in [-0.1, -0.05) is 39.0 Å². The van der Waals surface area contributed by atoms with Gasteiger partial charge in [0.1, 0.15) is 11.5 Å². The molecule has 0 spiro atoms. The fourth-order valence-electron chi connectivity index (χ4n) is 4.84. The van der Waals surface area contributed by atoms with Crippen LogP contribution in [0.2, 0.25) is 0 Å². The van der Waals surface area contributed by atoms with E-state index >= 15 is 0 Å². The molecule has 0 saturated carbocycles. The number of piperidine rings is 1. The quantitative estimate of drug-likeness (QED) is 0.445. The van der Waals surface area contributed by atoms with Crippen molar-refractivity contribution in [2.45, 2.75) is 58.9 Å². The number of carbonyl (C=O) groups is 1. The maximum atomic E-state index is 12.8. The predicted octanol–water partition coefficient (Wildman–Crippen LogP) is 5.55. The minimum Gasteiger partial charge on any atom is -0.508 e. The molecule has 0 aliphatic carbocycles. The third-order valence-electron chi connectivity index (χ3n) is 7.46. The van der Waals surface area contributed by atoms with E-state index in [0.29, 0.717) is 30.0 Å². The van der Waals surface area contributed by atoms with Crippen LogP contribution in [0.5, 0.6) is 5.75 Å². The molecule has 1 aromatic heterocycles. The number of hydrogen-bond donors (Lipinski definition) is 1. The van der Waals surface area contributed by atoms with E-state index in [4.69, 9.17) is 4.98 Å². The zero-order chi connectivity index (χ0) is 24.5. The van der Waals surface area contributed by atoms with Gasteiger partial charge in [0.25, 0.3) is 0 Å². The molecule has 3 rings (SSSR count). The van der Waals surface area contributed by atoms with E-state index < -0.39 is 0 Å². The van der Waals surface area contributed by atoms with Crippen molar-refractivity contribution < 1.29 is 9.90 Å². The number of carbonyl (C=O) groups excluding carboxylic acids is 1. The van der Waals surface area contributed by atoms with E-state index in [1.54, 1.807) is 12.1 Å². The number of likely N-dealkylation sites (tertiary alicyclic amines) is 1. The number of Topliss-reactive ketones (excluding diaryl/α,β-unsaturated/α-hetero) is 1. The molecule has 1 fully saturated rings. The van der Waals surface area contributed by atoms with Crippen LogP contribution in [0.4, 0.5) is 0 Å². The Morgan fingerprint density at radius 2 is 1.82 bits per heavy atom. The van der Waals surface area contributed by atoms with Gasteiger partial charge < -0.3 is 10.0 Å². The molecule has 2 heterocycles. The number of phenolic OH excluding ortho intramolecular Hbond substituents is 1. The summed E-state index contributed by atoms with van der Waals surface area (Å²) in [6.07, 6.45) is 6.36. The van der Waals surface area contributed by atoms with E-state index in [2.05, 4.69) is 43.7 Å². The highest BCUT2D eigenvalue weighted by Crippen LogP contribution is 2.31. The Kier molecular flexibility index (Phi) is 10.1. The maximum absolute atomic E-state index is 12.8. The molecule has 0 radical (unpaired) electrons. The molecule has 0 amide bonds. The molecule has 5 nitrogen and oxygen atoms in total. The maximum Gasteiger partial charge on any atom is 0.133 e. The lowest BCUT2D eigenvalue weighted by molar-refractivity contribution is -0.120. The first-order valence-corrected chi connectivity index (χ1v) is 13.0. The highest BCUT2D eigenvalue weighted by Gasteiger charge is 2.26. The van der Waals surface area contributed by atoms with Gasteiger partial charge >= 0.3 is 0 Å². The van der Waals surface area contributed by atoms with Gasteiger partial charge in [-0.25, -0.2) is 0 Å². The minimum atomic E-state index is -0.00742. The Hall–Kier alpha value is -2.24. The van der Waals surface area contributed by atoms with Crippen molar-refractivity contribution in [3.63, 3.8) is 0 Å². The average molecular weight is 466 g/mol. The summed E-state index contributed by atoms with van der Waals surface area (Å²) in [4.78, 5) is 22.3. The van der Waals surface area contributed by atoms with Gasteiger partial charge in [-0.3, -0.25) is 14.7 Å². The molecule has 2 unspecified atom stereocenters. The fourth-order valence-corrected chi connectivity index (χ4v) is 4.84. The number of hydrogen-bond acceptors (Lipinski definition) is 5. The fraction of sp³-hybridized carbons (Fsp3) is 0.586. The van der Waals surface area contributed by atoms with Crippen molar-refractivity contribution >= 4 is 5.78 Å². The van der Waals surface area contributed by atoms with Crippen LogP contribution in [0.25, 0.3) is 0 Å². The highest BCUT2D eigenvalue weighted by atomic mass is 16.3. The average Bonchev–Trinajstić information content (AvgIpc) is 2.82. The molecule has 1 aromatic carbocycles. The van der Waals surface area contributed by atoms with Crippen LogP contribution in [0.15, 0.2) is 48.7 Å². The van der Waals surface area contributed by atoms with Crippen LogP contribution in [0.1, 0.15) is 70.2 Å². The van der Waals surface area contributed by atoms with Gasteiger partial charge in [-0.2, -0.15) is 0 Å². The van der Waals surface area contributed by atoms with Crippen LogP contribution >= 0.6 is 0 Å². The summed E-state index contributed by atoms with van der Waals surface area (Å²) in [5.74, 6) is 2.31. The van der Waals surface area contributed by atoms with Crippen LogP contribution in [0, 0.1) is 17.8 Å². The second-order valence-corrected chi connectivity index (χ2v) is 10.6. The summed E-state index contributed by atoms with van der Waals surface area (Å²) < 4.78 is 0. The molecule has 1 N–H and O–H groups in total. The first-order chi connectivity index (χ1) is 16.3. The lowest BCUT2D eigenvalue weighted by Gasteiger charge is -2.35. The summed E-state index contributed by atoms with van der Waals surface area (Å²) in [6, 6.07) is 13.5. The molecule has 1 aliphatic rings. The summed E-state index contributed by atoms with van der Waals surface area (Å²) in [6.45, 7) is 10.8. The van der Waals surface area contributed by atoms with Crippen LogP contribution in [0.3, 0.4) is 0 Å². The van der Waals surface area contributed by atoms with Crippen molar-refractivity contribution in [2.75, 3.05) is 33.2 Å². The smallest absolute Gasteiger partial charge is 0.133 e. The number of ketones is 1. The highest BCUT2D eigenvalue weighted by molar-refractivity contribution is 5.78. The Balaban J connectivity index is 1.72. The molecule has 2 atom stereocenters. The number of pyridine rings is 1. The molecule has 5 heteroatoms. The number of aromatic hydroxyl groups is 1. The van der Waals surface area contributed by atoms with E-state index in [9.17, 15) is 9.90 Å². The van der Waals surface area contributed by atoms with E-state index in [1.165, 1.54) is 0 Å². The largest absolute Gasteiger partial charge is 0.508 e. The monoisotopic (exact) mass is 465 g/mol. The summed E-state index contributed by atoms with van der Waals surface area (Å²) in [5, 5.41) is 9.85. The zero-order valence-electron chi connectivity index (χ0n) is 21.5. The van der Waals surface area contributed by atoms with Gasteiger partial charge in [-0.15, -0.1) is 0 Å². The van der Waals surface area contributed by atoms with Gasteiger partial charge in [0, 0.05) is 25.6 Å². The van der Waals surface area contributed by atoms with Crippen LogP contribution in [-0.4, -0.2) is 58.9 Å². The number of aromatic nitrogens is 1. The Labute approximate surface area is 206 Å². The third kappa shape index (κ3) is 7.92. The van der Waals surface area contributed by atoms with Crippen LogP contribution in [-0.2, 0) is 4.79 Å². The molecule has 2 aromatic rings. The second-order valence-electron chi connectivity index (χ2n) is 10.6. The summed E-state index contributed by atoms with van der Waals surface area (Å²) in [5.41, 5.74) is 2.12. The first kappa shape index (κ1) is 26.4. The first-order valence-electron chi connectivity index (χ1n) is 13.0. The van der Waals surface area contributed by atoms with Gasteiger partial charge in [0.15, 0.2) is 0 Å². The third-order valence-corrected chi connectivity index (χ3v) is 7.46. The molecule has 34 heavy (non-hydrogen) atoms. The van der Waals surface area contributed by atoms with Crippen LogP contribution < -0.4 is 0 Å². The van der Waals surface area contributed by atoms with Crippen molar-refractivity contribution in [3.05, 3.63) is 59.9 Å². The van der Waals surface area contributed by atoms with Gasteiger partial charge in [0.05, 0.1) is 11.7 Å². The normalized spacial score (nSPS) is 17.2. The molecule has 1 saturated heterocycles. The second kappa shape index (κ2) is 13.0. The molecular weight excluding hydrogens is 422 g/mol. The number of nitrogens with zero attached hydrogens (tertiary/aromatic N) is 3. The van der Waals surface area contributed by atoms with Crippen molar-refractivity contribution in [2.24, 2.45) is 17.8 Å². The summed E-state index contributed by atoms with van der Waals surface area (Å²) in [7, 11) is 2.16. The minimum absolute atomic E-state index is 0.00742. The zero-order valence-corrected chi connectivity index (χ0v) is 21.5. The topological polar surface area (TPSA) is 56.7 Å². The molecule has 0 bridgehead atoms. The number of rotatable bonds is 12. The molecular formula is C29H43N3O2. The lowest BCUT2D eigenvalue weighted by atomic mass is 9.90.